The molecule has 0 bridgehead atoms. The molecule has 1 N–H and O–H groups in total. The van der Waals surface area contributed by atoms with E-state index >= 15 is 0 Å². The number of aliphatic hydroxyl groups is 1. The summed E-state index contributed by atoms with van der Waals surface area (Å²) in [4.78, 5) is 16.2. The average molecular weight is 402 g/mol. The fourth-order valence-corrected chi connectivity index (χ4v) is 3.96. The Labute approximate surface area is 165 Å². The van der Waals surface area contributed by atoms with E-state index in [1.54, 1.807) is 32.0 Å². The van der Waals surface area contributed by atoms with Crippen LogP contribution in [0.2, 0.25) is 10.0 Å². The Morgan fingerprint density at radius 3 is 2.07 bits per heavy atom. The fourth-order valence-electron chi connectivity index (χ4n) is 3.61. The van der Waals surface area contributed by atoms with Crippen LogP contribution in [-0.4, -0.2) is 19.2 Å². The Morgan fingerprint density at radius 1 is 1.00 bits per heavy atom. The quantitative estimate of drug-likeness (QED) is 0.550. The minimum atomic E-state index is -1.06. The van der Waals surface area contributed by atoms with Crippen LogP contribution in [0.4, 0.5) is 0 Å². The maximum atomic E-state index is 12.3. The van der Waals surface area contributed by atoms with Crippen LogP contribution < -0.4 is 5.69 Å². The lowest BCUT2D eigenvalue weighted by molar-refractivity contribution is 0.0802. The first-order valence-corrected chi connectivity index (χ1v) is 9.22. The molecule has 2 heterocycles. The Balaban J connectivity index is 1.90. The van der Waals surface area contributed by atoms with Crippen molar-refractivity contribution in [3.63, 3.8) is 0 Å². The normalized spacial score (nSPS) is 12.8. The molecule has 5 nitrogen and oxygen atoms in total. The number of halogens is 2. The van der Waals surface area contributed by atoms with Gasteiger partial charge in [0.05, 0.1) is 6.54 Å². The standard InChI is InChI=1S/C20H17Cl2N3O2/c1-11-7-12(2)25(20(27)23-11)19(26)10-24-17-5-3-13(21)8-15(17)16-9-14(22)4-6-18(16)24/h3-9,19,26H,10H2,1-2H3. The summed E-state index contributed by atoms with van der Waals surface area (Å²) >= 11 is 12.4. The van der Waals surface area contributed by atoms with Gasteiger partial charge in [0.1, 0.15) is 0 Å². The first-order chi connectivity index (χ1) is 12.8. The van der Waals surface area contributed by atoms with Gasteiger partial charge < -0.3 is 9.67 Å². The maximum Gasteiger partial charge on any atom is 0.350 e. The van der Waals surface area contributed by atoms with E-state index in [4.69, 9.17) is 23.2 Å². The van der Waals surface area contributed by atoms with Gasteiger partial charge in [-0.15, -0.1) is 0 Å². The van der Waals surface area contributed by atoms with Crippen molar-refractivity contribution in [1.29, 1.82) is 0 Å². The van der Waals surface area contributed by atoms with E-state index in [1.165, 1.54) is 4.57 Å². The van der Waals surface area contributed by atoms with Crippen molar-refractivity contribution < 1.29 is 5.11 Å². The summed E-state index contributed by atoms with van der Waals surface area (Å²) in [7, 11) is 0. The van der Waals surface area contributed by atoms with E-state index in [9.17, 15) is 9.90 Å². The molecule has 0 spiro atoms. The Hall–Kier alpha value is -2.34. The summed E-state index contributed by atoms with van der Waals surface area (Å²) in [5.41, 5.74) is 2.63. The molecule has 2 aromatic heterocycles. The van der Waals surface area contributed by atoms with E-state index in [-0.39, 0.29) is 6.54 Å². The van der Waals surface area contributed by atoms with E-state index < -0.39 is 11.9 Å². The molecule has 0 saturated carbocycles. The van der Waals surface area contributed by atoms with Gasteiger partial charge in [-0.25, -0.2) is 4.79 Å². The number of fused-ring (bicyclic) bond motifs is 3. The van der Waals surface area contributed by atoms with Crippen LogP contribution >= 0.6 is 23.2 Å². The van der Waals surface area contributed by atoms with Crippen molar-refractivity contribution in [3.8, 4) is 0 Å². The highest BCUT2D eigenvalue weighted by atomic mass is 35.5. The lowest BCUT2D eigenvalue weighted by Crippen LogP contribution is -2.31. The van der Waals surface area contributed by atoms with Crippen molar-refractivity contribution >= 4 is 45.0 Å². The van der Waals surface area contributed by atoms with Crippen molar-refractivity contribution in [2.24, 2.45) is 0 Å². The van der Waals surface area contributed by atoms with Crippen molar-refractivity contribution in [1.82, 2.24) is 14.1 Å². The molecule has 0 radical (unpaired) electrons. The van der Waals surface area contributed by atoms with Gasteiger partial charge in [-0.1, -0.05) is 23.2 Å². The molecule has 4 rings (SSSR count). The molecule has 138 valence electrons. The lowest BCUT2D eigenvalue weighted by Gasteiger charge is -2.18. The molecule has 2 aromatic carbocycles. The largest absolute Gasteiger partial charge is 0.371 e. The summed E-state index contributed by atoms with van der Waals surface area (Å²) < 4.78 is 3.27. The number of rotatable bonds is 3. The van der Waals surface area contributed by atoms with Crippen LogP contribution in [0.5, 0.6) is 0 Å². The highest BCUT2D eigenvalue weighted by Crippen LogP contribution is 2.33. The van der Waals surface area contributed by atoms with E-state index in [0.717, 1.165) is 21.8 Å². The highest BCUT2D eigenvalue weighted by molar-refractivity contribution is 6.33. The zero-order valence-corrected chi connectivity index (χ0v) is 16.3. The molecule has 7 heteroatoms. The van der Waals surface area contributed by atoms with E-state index in [1.807, 2.05) is 28.8 Å². The van der Waals surface area contributed by atoms with Crippen LogP contribution in [0.25, 0.3) is 21.8 Å². The van der Waals surface area contributed by atoms with Gasteiger partial charge in [0.2, 0.25) is 0 Å². The average Bonchev–Trinajstić information content (AvgIpc) is 2.86. The van der Waals surface area contributed by atoms with Crippen LogP contribution in [0.3, 0.4) is 0 Å². The molecular formula is C20H17Cl2N3O2. The molecular weight excluding hydrogens is 385 g/mol. The summed E-state index contributed by atoms with van der Waals surface area (Å²) in [6.45, 7) is 3.73. The zero-order chi connectivity index (χ0) is 19.3. The van der Waals surface area contributed by atoms with E-state index in [0.29, 0.717) is 21.4 Å². The van der Waals surface area contributed by atoms with Crippen molar-refractivity contribution in [2.45, 2.75) is 26.6 Å². The van der Waals surface area contributed by atoms with Gasteiger partial charge in [0, 0.05) is 43.2 Å². The maximum absolute atomic E-state index is 12.3. The number of nitrogens with zero attached hydrogens (tertiary/aromatic N) is 3. The molecule has 4 aromatic rings. The number of benzene rings is 2. The van der Waals surface area contributed by atoms with Crippen molar-refractivity contribution in [2.75, 3.05) is 0 Å². The van der Waals surface area contributed by atoms with Gasteiger partial charge in [-0.05, 0) is 56.3 Å². The van der Waals surface area contributed by atoms with Gasteiger partial charge in [0.15, 0.2) is 6.23 Å². The first-order valence-electron chi connectivity index (χ1n) is 8.47. The molecule has 0 saturated heterocycles. The molecule has 0 aliphatic heterocycles. The zero-order valence-electron chi connectivity index (χ0n) is 14.8. The third kappa shape index (κ3) is 3.12. The predicted molar refractivity (Wildman–Crippen MR) is 109 cm³/mol. The van der Waals surface area contributed by atoms with Gasteiger partial charge in [-0.2, -0.15) is 4.98 Å². The highest BCUT2D eigenvalue weighted by Gasteiger charge is 2.18. The molecule has 0 aliphatic rings. The minimum Gasteiger partial charge on any atom is -0.371 e. The molecule has 0 amide bonds. The monoisotopic (exact) mass is 401 g/mol. The third-order valence-corrected chi connectivity index (χ3v) is 5.18. The molecule has 1 unspecified atom stereocenters. The van der Waals surface area contributed by atoms with Gasteiger partial charge in [0.25, 0.3) is 0 Å². The fraction of sp³-hybridized carbons (Fsp3) is 0.200. The second kappa shape index (κ2) is 6.68. The van der Waals surface area contributed by atoms with Crippen molar-refractivity contribution in [3.05, 3.63) is 74.4 Å². The molecule has 27 heavy (non-hydrogen) atoms. The Bertz CT molecular complexity index is 1180. The topological polar surface area (TPSA) is 60.0 Å². The number of aryl methyl sites for hydroxylation is 2. The summed E-state index contributed by atoms with van der Waals surface area (Å²) in [6.07, 6.45) is -1.06. The number of hydrogen-bond acceptors (Lipinski definition) is 3. The summed E-state index contributed by atoms with van der Waals surface area (Å²) in [5.74, 6) is 0. The molecule has 0 aliphatic carbocycles. The number of hydrogen-bond donors (Lipinski definition) is 1. The SMILES string of the molecule is Cc1cc(C)n(C(O)Cn2c3ccc(Cl)cc3c3cc(Cl)ccc32)c(=O)n1. The minimum absolute atomic E-state index is 0.189. The summed E-state index contributed by atoms with van der Waals surface area (Å²) in [5, 5.41) is 14.0. The molecule has 1 atom stereocenters. The number of aromatic nitrogens is 3. The first kappa shape index (κ1) is 18.0. The van der Waals surface area contributed by atoms with Crippen LogP contribution in [0.1, 0.15) is 17.6 Å². The second-order valence-electron chi connectivity index (χ2n) is 6.61. The Kier molecular flexibility index (Phi) is 4.46. The van der Waals surface area contributed by atoms with Crippen LogP contribution in [-0.2, 0) is 6.54 Å². The third-order valence-electron chi connectivity index (χ3n) is 4.71. The summed E-state index contributed by atoms with van der Waals surface area (Å²) in [6, 6.07) is 12.9. The molecule has 0 fully saturated rings. The van der Waals surface area contributed by atoms with E-state index in [2.05, 4.69) is 4.98 Å². The smallest absolute Gasteiger partial charge is 0.350 e. The predicted octanol–water partition coefficient (Wildman–Crippen LogP) is 4.47. The van der Waals surface area contributed by atoms with Crippen LogP contribution in [0, 0.1) is 13.8 Å². The Morgan fingerprint density at radius 2 is 1.56 bits per heavy atom. The lowest BCUT2D eigenvalue weighted by atomic mass is 10.1. The second-order valence-corrected chi connectivity index (χ2v) is 7.48. The van der Waals surface area contributed by atoms with Gasteiger partial charge in [-0.3, -0.25) is 4.57 Å². The van der Waals surface area contributed by atoms with Crippen LogP contribution in [0.15, 0.2) is 47.3 Å². The number of aliphatic hydroxyl groups excluding tert-OH is 1. The van der Waals surface area contributed by atoms with Gasteiger partial charge >= 0.3 is 5.69 Å².